The van der Waals surface area contributed by atoms with Crippen molar-refractivity contribution >= 4 is 5.91 Å². The van der Waals surface area contributed by atoms with Gasteiger partial charge in [-0.3, -0.25) is 19.1 Å². The standard InChI is InChI=1S/C18H21N3O6/c1-27-11-4-2-10(3-5-11)17(25)19-12-6-7-13(16(24)15(12)23)21-9-8-14(22)20-18(21)26/h2-5,8-9,12-13,15-16,23-24H,6-7H2,1H3,(H,19,25)(H,20,22,26)/t12-,13-,15-,16-/m1/s1. The Kier molecular flexibility index (Phi) is 5.43. The van der Waals surface area contributed by atoms with E-state index in [0.717, 1.165) is 0 Å². The predicted octanol–water partition coefficient (Wildman–Crippen LogP) is -0.599. The Hall–Kier alpha value is -2.91. The number of aliphatic hydroxyl groups excluding tert-OH is 2. The van der Waals surface area contributed by atoms with Crippen LogP contribution in [0.1, 0.15) is 29.2 Å². The first-order valence-corrected chi connectivity index (χ1v) is 8.53. The molecule has 144 valence electrons. The van der Waals surface area contributed by atoms with Gasteiger partial charge in [-0.1, -0.05) is 0 Å². The summed E-state index contributed by atoms with van der Waals surface area (Å²) >= 11 is 0. The molecule has 0 unspecified atom stereocenters. The van der Waals surface area contributed by atoms with Gasteiger partial charge in [0.25, 0.3) is 11.5 Å². The third-order valence-electron chi connectivity index (χ3n) is 4.81. The molecule has 1 amide bonds. The molecule has 1 fully saturated rings. The largest absolute Gasteiger partial charge is 0.497 e. The third kappa shape index (κ3) is 3.93. The van der Waals surface area contributed by atoms with Crippen LogP contribution in [0, 0.1) is 0 Å². The first kappa shape index (κ1) is 18.9. The minimum Gasteiger partial charge on any atom is -0.497 e. The molecule has 0 saturated heterocycles. The summed E-state index contributed by atoms with van der Waals surface area (Å²) in [5.41, 5.74) is -0.789. The Morgan fingerprint density at radius 3 is 2.48 bits per heavy atom. The van der Waals surface area contributed by atoms with Crippen LogP contribution in [0.3, 0.4) is 0 Å². The monoisotopic (exact) mass is 375 g/mol. The van der Waals surface area contributed by atoms with E-state index in [1.54, 1.807) is 24.3 Å². The number of benzene rings is 1. The van der Waals surface area contributed by atoms with Crippen LogP contribution in [0.25, 0.3) is 0 Å². The Morgan fingerprint density at radius 1 is 1.15 bits per heavy atom. The van der Waals surface area contributed by atoms with Crippen molar-refractivity contribution in [3.63, 3.8) is 0 Å². The van der Waals surface area contributed by atoms with Crippen LogP contribution in [-0.4, -0.2) is 51.0 Å². The molecule has 0 aliphatic heterocycles. The van der Waals surface area contributed by atoms with Crippen LogP contribution < -0.4 is 21.3 Å². The number of nitrogens with zero attached hydrogens (tertiary/aromatic N) is 1. The van der Waals surface area contributed by atoms with E-state index in [2.05, 4.69) is 10.3 Å². The van der Waals surface area contributed by atoms with Gasteiger partial charge in [0, 0.05) is 17.8 Å². The molecule has 1 aliphatic carbocycles. The number of rotatable bonds is 4. The van der Waals surface area contributed by atoms with Crippen molar-refractivity contribution in [1.29, 1.82) is 0 Å². The Balaban J connectivity index is 1.70. The quantitative estimate of drug-likeness (QED) is 0.564. The number of aromatic amines is 1. The molecule has 1 aliphatic rings. The molecule has 4 atom stereocenters. The molecular weight excluding hydrogens is 354 g/mol. The summed E-state index contributed by atoms with van der Waals surface area (Å²) in [5.74, 6) is 0.238. The van der Waals surface area contributed by atoms with Gasteiger partial charge in [-0.25, -0.2) is 4.79 Å². The van der Waals surface area contributed by atoms with Gasteiger partial charge in [0.15, 0.2) is 0 Å². The Labute approximate surface area is 154 Å². The van der Waals surface area contributed by atoms with Crippen molar-refractivity contribution in [3.8, 4) is 5.75 Å². The van der Waals surface area contributed by atoms with Crippen molar-refractivity contribution in [1.82, 2.24) is 14.9 Å². The number of methoxy groups -OCH3 is 1. The second-order valence-corrected chi connectivity index (χ2v) is 6.45. The number of aromatic nitrogens is 2. The third-order valence-corrected chi connectivity index (χ3v) is 4.81. The summed E-state index contributed by atoms with van der Waals surface area (Å²) in [7, 11) is 1.53. The zero-order valence-electron chi connectivity index (χ0n) is 14.7. The number of ether oxygens (including phenoxy) is 1. The molecule has 9 nitrogen and oxygen atoms in total. The summed E-state index contributed by atoms with van der Waals surface area (Å²) < 4.78 is 6.24. The second kappa shape index (κ2) is 7.77. The molecule has 27 heavy (non-hydrogen) atoms. The smallest absolute Gasteiger partial charge is 0.328 e. The van der Waals surface area contributed by atoms with E-state index in [4.69, 9.17) is 4.74 Å². The molecule has 9 heteroatoms. The Morgan fingerprint density at radius 2 is 1.85 bits per heavy atom. The number of amides is 1. The molecule has 0 radical (unpaired) electrons. The number of hydrogen-bond donors (Lipinski definition) is 4. The van der Waals surface area contributed by atoms with Gasteiger partial charge >= 0.3 is 5.69 Å². The zero-order valence-corrected chi connectivity index (χ0v) is 14.7. The van der Waals surface area contributed by atoms with E-state index in [1.165, 1.54) is 23.9 Å². The minimum absolute atomic E-state index is 0.345. The molecule has 0 spiro atoms. The summed E-state index contributed by atoms with van der Waals surface area (Å²) in [4.78, 5) is 37.6. The highest BCUT2D eigenvalue weighted by Crippen LogP contribution is 2.28. The number of hydrogen-bond acceptors (Lipinski definition) is 6. The lowest BCUT2D eigenvalue weighted by Gasteiger charge is -2.38. The van der Waals surface area contributed by atoms with Crippen LogP contribution in [0.5, 0.6) is 5.75 Å². The van der Waals surface area contributed by atoms with Crippen molar-refractivity contribution in [2.75, 3.05) is 7.11 Å². The molecule has 3 rings (SSSR count). The van der Waals surface area contributed by atoms with Crippen LogP contribution in [-0.2, 0) is 0 Å². The van der Waals surface area contributed by atoms with Crippen molar-refractivity contribution in [3.05, 3.63) is 62.9 Å². The van der Waals surface area contributed by atoms with E-state index >= 15 is 0 Å². The van der Waals surface area contributed by atoms with E-state index in [1.807, 2.05) is 0 Å². The first-order chi connectivity index (χ1) is 12.9. The molecule has 1 aromatic carbocycles. The fourth-order valence-electron chi connectivity index (χ4n) is 3.30. The SMILES string of the molecule is COc1ccc(C(=O)N[C@@H]2CC[C@@H](n3ccc(=O)[nH]c3=O)[C@@H](O)[C@@H]2O)cc1. The minimum atomic E-state index is -1.27. The predicted molar refractivity (Wildman–Crippen MR) is 95.9 cm³/mol. The zero-order chi connectivity index (χ0) is 19.6. The number of nitrogens with one attached hydrogen (secondary N) is 2. The topological polar surface area (TPSA) is 134 Å². The van der Waals surface area contributed by atoms with Gasteiger partial charge in [-0.15, -0.1) is 0 Å². The highest BCUT2D eigenvalue weighted by atomic mass is 16.5. The number of aliphatic hydroxyl groups is 2. The fraction of sp³-hybridized carbons (Fsp3) is 0.389. The average Bonchev–Trinajstić information content (AvgIpc) is 2.66. The number of carbonyl (C=O) groups excluding carboxylic acids is 1. The van der Waals surface area contributed by atoms with Gasteiger partial charge in [0.1, 0.15) is 18.0 Å². The van der Waals surface area contributed by atoms with E-state index in [9.17, 15) is 24.6 Å². The van der Waals surface area contributed by atoms with Crippen LogP contribution in [0.15, 0.2) is 46.1 Å². The maximum atomic E-state index is 12.4. The number of carbonyl (C=O) groups is 1. The second-order valence-electron chi connectivity index (χ2n) is 6.45. The van der Waals surface area contributed by atoms with Crippen molar-refractivity contribution in [2.24, 2.45) is 0 Å². The van der Waals surface area contributed by atoms with E-state index < -0.39 is 35.5 Å². The molecular formula is C18H21N3O6. The molecule has 2 aromatic rings. The molecule has 0 bridgehead atoms. The van der Waals surface area contributed by atoms with Gasteiger partial charge in [0.2, 0.25) is 0 Å². The van der Waals surface area contributed by atoms with Gasteiger partial charge in [-0.2, -0.15) is 0 Å². The molecule has 1 aromatic heterocycles. The van der Waals surface area contributed by atoms with Crippen LogP contribution in [0.2, 0.25) is 0 Å². The van der Waals surface area contributed by atoms with Crippen molar-refractivity contribution in [2.45, 2.75) is 37.1 Å². The summed E-state index contributed by atoms with van der Waals surface area (Å²) in [5, 5.41) is 23.6. The lowest BCUT2D eigenvalue weighted by atomic mass is 9.85. The van der Waals surface area contributed by atoms with Gasteiger partial charge < -0.3 is 20.3 Å². The van der Waals surface area contributed by atoms with Gasteiger partial charge in [0.05, 0.1) is 19.2 Å². The summed E-state index contributed by atoms with van der Waals surface area (Å²) in [6.45, 7) is 0. The van der Waals surface area contributed by atoms with E-state index in [-0.39, 0.29) is 5.91 Å². The van der Waals surface area contributed by atoms with E-state index in [0.29, 0.717) is 24.2 Å². The highest BCUT2D eigenvalue weighted by molar-refractivity contribution is 5.94. The molecule has 1 heterocycles. The van der Waals surface area contributed by atoms with Crippen molar-refractivity contribution < 1.29 is 19.7 Å². The molecule has 1 saturated carbocycles. The maximum absolute atomic E-state index is 12.4. The fourth-order valence-corrected chi connectivity index (χ4v) is 3.30. The highest BCUT2D eigenvalue weighted by Gasteiger charge is 2.39. The van der Waals surface area contributed by atoms with Crippen LogP contribution >= 0.6 is 0 Å². The lowest BCUT2D eigenvalue weighted by molar-refractivity contribution is -0.0570. The summed E-state index contributed by atoms with van der Waals surface area (Å²) in [6.07, 6.45) is -0.542. The molecule has 4 N–H and O–H groups in total. The maximum Gasteiger partial charge on any atom is 0.328 e. The Bertz CT molecular complexity index is 920. The number of H-pyrrole nitrogens is 1. The average molecular weight is 375 g/mol. The van der Waals surface area contributed by atoms with Crippen LogP contribution in [0.4, 0.5) is 0 Å². The summed E-state index contributed by atoms with van der Waals surface area (Å²) in [6, 6.07) is 6.32. The normalized spacial score (nSPS) is 25.0. The first-order valence-electron chi connectivity index (χ1n) is 8.53. The lowest BCUT2D eigenvalue weighted by Crippen LogP contribution is -2.55. The van der Waals surface area contributed by atoms with Gasteiger partial charge in [-0.05, 0) is 37.1 Å².